The van der Waals surface area contributed by atoms with Crippen LogP contribution in [0.15, 0.2) is 93.1 Å². The highest BCUT2D eigenvalue weighted by molar-refractivity contribution is 5.96. The molecule has 0 spiro atoms. The summed E-state index contributed by atoms with van der Waals surface area (Å²) in [5, 5.41) is 29.7. The third-order valence-corrected chi connectivity index (χ3v) is 5.50. The first-order valence-corrected chi connectivity index (χ1v) is 13.5. The molecule has 0 fully saturated rings. The molecule has 6 N–H and O–H groups in total. The van der Waals surface area contributed by atoms with Gasteiger partial charge in [-0.3, -0.25) is 5.10 Å². The second-order valence-corrected chi connectivity index (χ2v) is 8.40. The summed E-state index contributed by atoms with van der Waals surface area (Å²) in [5.74, 6) is 43.2. The molecule has 0 saturated heterocycles. The van der Waals surface area contributed by atoms with E-state index in [2.05, 4.69) is 176 Å². The minimum atomic E-state index is 0. The molecule has 242 valence electrons. The van der Waals surface area contributed by atoms with E-state index >= 15 is 0 Å². The van der Waals surface area contributed by atoms with E-state index in [1.165, 1.54) is 0 Å². The smallest absolute Gasteiger partial charge is 0.204 e. The third kappa shape index (κ3) is 11.2. The molecule has 5 rings (SSSR count). The molecule has 0 unspecified atom stereocenters. The molecule has 0 amide bonds. The first kappa shape index (κ1) is 35.4. The number of aromatic amines is 1. The molecule has 0 bridgehead atoms. The number of hydrogen-bond acceptors (Lipinski definition) is 6. The van der Waals surface area contributed by atoms with Crippen LogP contribution in [0.4, 0.5) is 5.82 Å². The Labute approximate surface area is 294 Å². The monoisotopic (exact) mass is 655 g/mol. The average molecular weight is 656 g/mol. The number of H-pyrrole nitrogens is 1. The molecule has 13 nitrogen and oxygen atoms in total. The number of nitrogens with one attached hydrogen (secondary N) is 2. The van der Waals surface area contributed by atoms with Gasteiger partial charge in [0.05, 0.1) is 16.6 Å². The number of hydrogen-bond donors (Lipinski definition) is 4. The average Bonchev–Trinajstić information content (AvgIpc) is 3.73. The first-order chi connectivity index (χ1) is 24.6. The molecule has 0 radical (unpaired) electrons. The van der Waals surface area contributed by atoms with E-state index in [1.54, 1.807) is 0 Å². The highest BCUT2D eigenvalue weighted by atomic mass is 15.6. The van der Waals surface area contributed by atoms with E-state index in [9.17, 15) is 0 Å². The maximum atomic E-state index is 6.00. The van der Waals surface area contributed by atoms with Crippen molar-refractivity contribution in [3.63, 3.8) is 0 Å². The lowest BCUT2D eigenvalue weighted by Crippen LogP contribution is -1.91. The lowest BCUT2D eigenvalue weighted by atomic mass is 10.0. The molecule has 0 aliphatic carbocycles. The van der Waals surface area contributed by atoms with Crippen molar-refractivity contribution in [3.8, 4) is 130 Å². The van der Waals surface area contributed by atoms with Crippen molar-refractivity contribution >= 4 is 22.4 Å². The molecule has 1 aromatic carbocycles. The number of nitrogens with two attached hydrogens (primary N) is 2. The molecular formula is C37H29N13. The quantitative estimate of drug-likeness (QED) is 0.0838. The molecule has 0 aliphatic rings. The van der Waals surface area contributed by atoms with Gasteiger partial charge in [0.15, 0.2) is 0 Å². The van der Waals surface area contributed by atoms with Crippen molar-refractivity contribution in [2.24, 2.45) is 32.0 Å². The van der Waals surface area contributed by atoms with Crippen LogP contribution < -0.4 is 11.6 Å². The number of pyridine rings is 1. The topological polar surface area (TPSA) is 197 Å². The third-order valence-electron chi connectivity index (χ3n) is 5.50. The number of anilines is 1. The van der Waals surface area contributed by atoms with Gasteiger partial charge in [-0.25, -0.2) is 0 Å². The molecule has 4 heterocycles. The number of aromatic nitrogens is 5. The van der Waals surface area contributed by atoms with Crippen LogP contribution in [-0.2, 0) is 0 Å². The van der Waals surface area contributed by atoms with Crippen molar-refractivity contribution in [1.29, 1.82) is 5.53 Å². The second kappa shape index (κ2) is 20.8. The van der Waals surface area contributed by atoms with Crippen LogP contribution in [0.5, 0.6) is 0 Å². The molecule has 5 aromatic rings. The predicted molar refractivity (Wildman–Crippen MR) is 200 cm³/mol. The number of fused-ring (bicyclic) bond motifs is 2. The van der Waals surface area contributed by atoms with E-state index in [-0.39, 0.29) is 7.13 Å². The van der Waals surface area contributed by atoms with E-state index < -0.39 is 0 Å². The van der Waals surface area contributed by atoms with Gasteiger partial charge in [-0.2, -0.15) is 10.6 Å². The summed E-state index contributed by atoms with van der Waals surface area (Å²) in [5.41, 5.74) is 17.6. The summed E-state index contributed by atoms with van der Waals surface area (Å²) in [6, 6.07) is 18.3. The van der Waals surface area contributed by atoms with Crippen LogP contribution in [0, 0.1) is 113 Å². The van der Waals surface area contributed by atoms with Gasteiger partial charge in [0.1, 0.15) is 5.82 Å². The lowest BCUT2D eigenvalue weighted by Gasteiger charge is -2.04. The van der Waals surface area contributed by atoms with Crippen molar-refractivity contribution in [2.45, 2.75) is 0 Å². The normalized spacial score (nSPS) is 8.52. The summed E-state index contributed by atoms with van der Waals surface area (Å²) in [4.78, 5) is 0. The zero-order valence-corrected chi connectivity index (χ0v) is 25.7. The Hall–Kier alpha value is -9.03. The first-order valence-electron chi connectivity index (χ1n) is 13.5. The Balaban J connectivity index is -0.000000807. The van der Waals surface area contributed by atoms with Gasteiger partial charge in [0.25, 0.3) is 0 Å². The standard InChI is InChI=1S/C19H14N6.C18H2.H3N7.5H2/c20-18-13-10-15(21-23-19(13)24-22-18)17-14(12-6-2-1-3-7-12)11-25-9-5-4-8-16(17)25;1-3-5-7-9-11-13-15-17-18-16-14-12-10-8-6-4-2;1-3-5-7-6-4-2;;;;;/h1-11H,(H3,20,22,23,24);1-2H;(H3,1,2,5,6);5*1H. The van der Waals surface area contributed by atoms with Crippen molar-refractivity contribution in [2.75, 3.05) is 5.73 Å². The number of terminal acetylenes is 2. The molecule has 0 aliphatic heterocycles. The summed E-state index contributed by atoms with van der Waals surface area (Å²) in [6.45, 7) is 0. The summed E-state index contributed by atoms with van der Waals surface area (Å²) in [7, 11) is 0. The number of nitrogen functional groups attached to an aromatic ring is 1. The maximum absolute atomic E-state index is 6.00. The fraction of sp³-hybridized carbons (Fsp3) is 0. The van der Waals surface area contributed by atoms with Crippen LogP contribution in [-0.4, -0.2) is 24.8 Å². The van der Waals surface area contributed by atoms with Crippen molar-refractivity contribution < 1.29 is 7.13 Å². The van der Waals surface area contributed by atoms with Crippen LogP contribution in [0.3, 0.4) is 0 Å². The van der Waals surface area contributed by atoms with Gasteiger partial charge in [-0.1, -0.05) is 41.6 Å². The Morgan fingerprint density at radius 1 is 0.740 bits per heavy atom. The highest BCUT2D eigenvalue weighted by Crippen LogP contribution is 2.36. The molecule has 0 atom stereocenters. The Bertz CT molecular complexity index is 2550. The number of rotatable bonds is 4. The van der Waals surface area contributed by atoms with Crippen LogP contribution in [0.1, 0.15) is 7.13 Å². The molecule has 13 heteroatoms. The van der Waals surface area contributed by atoms with Gasteiger partial charge < -0.3 is 16.0 Å². The van der Waals surface area contributed by atoms with Crippen molar-refractivity contribution in [3.05, 3.63) is 67.0 Å². The fourth-order valence-corrected chi connectivity index (χ4v) is 3.70. The minimum Gasteiger partial charge on any atom is -0.384 e. The predicted octanol–water partition coefficient (Wildman–Crippen LogP) is 5.65. The largest absolute Gasteiger partial charge is 0.384 e. The molecule has 0 saturated carbocycles. The Morgan fingerprint density at radius 2 is 1.32 bits per heavy atom. The van der Waals surface area contributed by atoms with Gasteiger partial charge in [-0.15, -0.1) is 23.0 Å². The van der Waals surface area contributed by atoms with Gasteiger partial charge >= 0.3 is 0 Å². The summed E-state index contributed by atoms with van der Waals surface area (Å²) >= 11 is 0. The SMILES string of the molecule is C#CC#CC#CC#CC#CC#CC#CC#CC#C.N=N/N=N/N=N/N.Nc1[nH]nc2nnc(-c3c(-c4ccccc4)cn4ccccc34)cc12.[HH].[HH].[HH].[HH].[HH]. The van der Waals surface area contributed by atoms with Crippen molar-refractivity contribution in [1.82, 2.24) is 24.8 Å². The van der Waals surface area contributed by atoms with E-state index in [0.717, 1.165) is 33.3 Å². The van der Waals surface area contributed by atoms with Crippen LogP contribution in [0.2, 0.25) is 0 Å². The second-order valence-electron chi connectivity index (χ2n) is 8.40. The zero-order chi connectivity index (χ0) is 35.7. The fourth-order valence-electron chi connectivity index (χ4n) is 3.70. The number of nitrogens with zero attached hydrogens (tertiary/aromatic N) is 9. The maximum Gasteiger partial charge on any atom is 0.204 e. The molecular weight excluding hydrogens is 626 g/mol. The van der Waals surface area contributed by atoms with Gasteiger partial charge in [0, 0.05) is 30.7 Å². The number of benzene rings is 1. The van der Waals surface area contributed by atoms with E-state index in [1.807, 2.05) is 42.6 Å². The Kier molecular flexibility index (Phi) is 14.8. The van der Waals surface area contributed by atoms with Gasteiger partial charge in [-0.05, 0) is 139 Å². The summed E-state index contributed by atoms with van der Waals surface area (Å²) < 4.78 is 2.10. The zero-order valence-electron chi connectivity index (χ0n) is 25.7. The van der Waals surface area contributed by atoms with Gasteiger partial charge in [0.2, 0.25) is 5.65 Å². The van der Waals surface area contributed by atoms with E-state index in [0.29, 0.717) is 11.5 Å². The summed E-state index contributed by atoms with van der Waals surface area (Å²) in [6.07, 6.45) is 13.9. The van der Waals surface area contributed by atoms with Crippen LogP contribution >= 0.6 is 0 Å². The van der Waals surface area contributed by atoms with Crippen LogP contribution in [0.25, 0.3) is 38.9 Å². The molecule has 4 aromatic heterocycles. The molecule has 50 heavy (non-hydrogen) atoms. The minimum absolute atomic E-state index is 0. The lowest BCUT2D eigenvalue weighted by molar-refractivity contribution is 0.806. The van der Waals surface area contributed by atoms with E-state index in [4.69, 9.17) is 24.1 Å². The highest BCUT2D eigenvalue weighted by Gasteiger charge is 2.17. The Morgan fingerprint density at radius 3 is 1.88 bits per heavy atom.